The Morgan fingerprint density at radius 3 is 1.58 bits per heavy atom. The van der Waals surface area contributed by atoms with Gasteiger partial charge in [0.15, 0.2) is 0 Å². The molecule has 0 spiro atoms. The highest BCUT2D eigenvalue weighted by atomic mass is 14.9. The lowest BCUT2D eigenvalue weighted by atomic mass is 9.95. The van der Waals surface area contributed by atoms with Crippen molar-refractivity contribution < 1.29 is 1.43 Å². The summed E-state index contributed by atoms with van der Waals surface area (Å²) in [6.07, 6.45) is 3.80. The van der Waals surface area contributed by atoms with Crippen molar-refractivity contribution in [1.82, 2.24) is 0 Å². The van der Waals surface area contributed by atoms with Crippen molar-refractivity contribution in [2.75, 3.05) is 5.32 Å². The van der Waals surface area contributed by atoms with Crippen LogP contribution in [0.5, 0.6) is 0 Å². The number of rotatable bonds is 2. The van der Waals surface area contributed by atoms with Crippen LogP contribution in [0.15, 0.2) is 73.8 Å². The van der Waals surface area contributed by atoms with E-state index in [1.54, 1.807) is 0 Å². The highest BCUT2D eigenvalue weighted by molar-refractivity contribution is 6.06. The van der Waals surface area contributed by atoms with E-state index in [1.165, 1.54) is 0 Å². The van der Waals surface area contributed by atoms with E-state index in [9.17, 15) is 0 Å². The molecule has 0 aliphatic carbocycles. The molecular formula is C18H17N. The Bertz CT molecular complexity index is 639. The molecule has 0 amide bonds. The van der Waals surface area contributed by atoms with Gasteiger partial charge in [0.05, 0.1) is 0 Å². The summed E-state index contributed by atoms with van der Waals surface area (Å²) in [4.78, 5) is 0. The summed E-state index contributed by atoms with van der Waals surface area (Å²) in [5.74, 6) is 0. The molecule has 0 saturated carbocycles. The van der Waals surface area contributed by atoms with Gasteiger partial charge in [-0.1, -0.05) is 61.7 Å². The summed E-state index contributed by atoms with van der Waals surface area (Å²) in [5, 5.41) is 3.49. The molecule has 0 radical (unpaired) electrons. The summed E-state index contributed by atoms with van der Waals surface area (Å²) >= 11 is 0. The van der Waals surface area contributed by atoms with Crippen LogP contribution in [0.3, 0.4) is 0 Å². The Labute approximate surface area is 115 Å². The predicted octanol–water partition coefficient (Wildman–Crippen LogP) is 5.27. The molecule has 1 aliphatic rings. The molecule has 0 atom stereocenters. The average molecular weight is 247 g/mol. The maximum Gasteiger partial charge on any atom is 0.0464 e. The largest absolute Gasteiger partial charge is 0.355 e. The zero-order chi connectivity index (χ0) is 13.2. The second kappa shape index (κ2) is 4.62. The number of benzene rings is 2. The van der Waals surface area contributed by atoms with Gasteiger partial charge in [-0.15, -0.1) is 0 Å². The Hall–Kier alpha value is -2.54. The van der Waals surface area contributed by atoms with Crippen LogP contribution in [0.4, 0.5) is 11.4 Å². The summed E-state index contributed by atoms with van der Waals surface area (Å²) in [6, 6.07) is 16.5. The molecule has 0 saturated heterocycles. The molecule has 3 rings (SSSR count). The van der Waals surface area contributed by atoms with Crippen LogP contribution in [-0.4, -0.2) is 0 Å². The number of hydrogen-bond donors (Lipinski definition) is 1. The molecule has 94 valence electrons. The van der Waals surface area contributed by atoms with E-state index >= 15 is 0 Å². The van der Waals surface area contributed by atoms with Crippen LogP contribution in [0.25, 0.3) is 11.1 Å². The number of fused-ring (bicyclic) bond motifs is 2. The minimum absolute atomic E-state index is 0. The number of anilines is 2. The van der Waals surface area contributed by atoms with Gasteiger partial charge < -0.3 is 5.32 Å². The van der Waals surface area contributed by atoms with Crippen molar-refractivity contribution in [3.05, 3.63) is 85.0 Å². The summed E-state index contributed by atoms with van der Waals surface area (Å²) < 4.78 is 0. The topological polar surface area (TPSA) is 12.0 Å². The van der Waals surface area contributed by atoms with E-state index in [0.717, 1.165) is 33.6 Å². The monoisotopic (exact) mass is 247 g/mol. The molecule has 0 bridgehead atoms. The van der Waals surface area contributed by atoms with E-state index in [4.69, 9.17) is 0 Å². The van der Waals surface area contributed by atoms with E-state index in [1.807, 2.05) is 36.4 Å². The van der Waals surface area contributed by atoms with E-state index in [2.05, 4.69) is 42.7 Å². The van der Waals surface area contributed by atoms with Crippen LogP contribution < -0.4 is 5.32 Å². The van der Waals surface area contributed by atoms with Crippen molar-refractivity contribution in [3.8, 4) is 0 Å². The summed E-state index contributed by atoms with van der Waals surface area (Å²) in [6.45, 7) is 7.93. The third-order valence-corrected chi connectivity index (χ3v) is 3.40. The van der Waals surface area contributed by atoms with Gasteiger partial charge in [-0.3, -0.25) is 0 Å². The van der Waals surface area contributed by atoms with Gasteiger partial charge in [-0.25, -0.2) is 0 Å². The first-order chi connectivity index (χ1) is 9.35. The third kappa shape index (κ3) is 1.80. The minimum atomic E-state index is 0. The smallest absolute Gasteiger partial charge is 0.0464 e. The maximum absolute atomic E-state index is 3.96. The third-order valence-electron chi connectivity index (χ3n) is 3.40. The Morgan fingerprint density at radius 2 is 1.16 bits per heavy atom. The van der Waals surface area contributed by atoms with Crippen LogP contribution in [0, 0.1) is 0 Å². The Kier molecular flexibility index (Phi) is 2.81. The van der Waals surface area contributed by atoms with Gasteiger partial charge in [0.2, 0.25) is 0 Å². The second-order valence-electron chi connectivity index (χ2n) is 4.45. The molecule has 2 aromatic carbocycles. The number of allylic oxidation sites excluding steroid dienone is 4. The lowest BCUT2D eigenvalue weighted by molar-refractivity contribution is 1.52. The Morgan fingerprint density at radius 1 is 0.737 bits per heavy atom. The number of nitrogens with one attached hydrogen (secondary N) is 1. The van der Waals surface area contributed by atoms with Gasteiger partial charge in [-0.05, 0) is 23.3 Å². The molecule has 1 heterocycles. The standard InChI is InChI=1S/C18H15N.H2/c1-3-13-14(4-2)16-10-6-8-12-18(16)19-17-11-7-5-9-15(13)17;/h3-12,19H,1-2H2;1H. The van der Waals surface area contributed by atoms with Crippen molar-refractivity contribution in [3.63, 3.8) is 0 Å². The predicted molar refractivity (Wildman–Crippen MR) is 85.5 cm³/mol. The molecule has 1 aliphatic heterocycles. The molecule has 19 heavy (non-hydrogen) atoms. The zero-order valence-electron chi connectivity index (χ0n) is 10.7. The molecule has 0 unspecified atom stereocenters. The quantitative estimate of drug-likeness (QED) is 0.762. The first-order valence-electron chi connectivity index (χ1n) is 6.30. The van der Waals surface area contributed by atoms with Gasteiger partial charge in [0.1, 0.15) is 0 Å². The molecular weight excluding hydrogens is 230 g/mol. The lowest BCUT2D eigenvalue weighted by Crippen LogP contribution is -1.93. The van der Waals surface area contributed by atoms with Crippen molar-refractivity contribution >= 4 is 22.5 Å². The van der Waals surface area contributed by atoms with Gasteiger partial charge in [0.25, 0.3) is 0 Å². The van der Waals surface area contributed by atoms with E-state index in [0.29, 0.717) is 0 Å². The normalized spacial score (nSPS) is 12.8. The minimum Gasteiger partial charge on any atom is -0.355 e. The summed E-state index contributed by atoms with van der Waals surface area (Å²) in [7, 11) is 0. The first-order valence-corrected chi connectivity index (χ1v) is 6.30. The highest BCUT2D eigenvalue weighted by Gasteiger charge is 2.17. The molecule has 0 aromatic heterocycles. The van der Waals surface area contributed by atoms with Crippen molar-refractivity contribution in [1.29, 1.82) is 0 Å². The fourth-order valence-electron chi connectivity index (χ4n) is 2.53. The van der Waals surface area contributed by atoms with E-state index < -0.39 is 0 Å². The van der Waals surface area contributed by atoms with Gasteiger partial charge in [-0.2, -0.15) is 0 Å². The highest BCUT2D eigenvalue weighted by Crippen LogP contribution is 2.40. The first kappa shape index (κ1) is 11.5. The fourth-order valence-corrected chi connectivity index (χ4v) is 2.53. The van der Waals surface area contributed by atoms with Crippen molar-refractivity contribution in [2.24, 2.45) is 0 Å². The van der Waals surface area contributed by atoms with Crippen LogP contribution >= 0.6 is 0 Å². The molecule has 0 fully saturated rings. The fraction of sp³-hybridized carbons (Fsp3) is 0. The number of hydrogen-bond acceptors (Lipinski definition) is 1. The molecule has 1 heteroatoms. The van der Waals surface area contributed by atoms with Crippen molar-refractivity contribution in [2.45, 2.75) is 0 Å². The average Bonchev–Trinajstić information content (AvgIpc) is 2.60. The van der Waals surface area contributed by atoms with Crippen LogP contribution in [0.2, 0.25) is 0 Å². The van der Waals surface area contributed by atoms with Gasteiger partial charge >= 0.3 is 0 Å². The zero-order valence-corrected chi connectivity index (χ0v) is 10.7. The van der Waals surface area contributed by atoms with Crippen LogP contribution in [0.1, 0.15) is 12.6 Å². The molecule has 1 N–H and O–H groups in total. The molecule has 1 nitrogen and oxygen atoms in total. The Balaban J connectivity index is 0.00000147. The summed E-state index contributed by atoms with van der Waals surface area (Å²) in [5.41, 5.74) is 6.74. The lowest BCUT2D eigenvalue weighted by Gasteiger charge is -2.09. The SMILES string of the molecule is C=CC1=C(C=C)c2ccccc2Nc2ccccc21.[HH]. The number of para-hydroxylation sites is 2. The van der Waals surface area contributed by atoms with Gasteiger partial charge in [0, 0.05) is 23.9 Å². The van der Waals surface area contributed by atoms with Crippen LogP contribution in [-0.2, 0) is 0 Å². The van der Waals surface area contributed by atoms with E-state index in [-0.39, 0.29) is 1.43 Å². The second-order valence-corrected chi connectivity index (χ2v) is 4.45. The molecule has 2 aromatic rings. The maximum atomic E-state index is 3.96.